The number of benzene rings is 1. The molecule has 2 aromatic heterocycles. The Labute approximate surface area is 191 Å². The smallest absolute Gasteiger partial charge is 0.338 e. The molecule has 9 heteroatoms. The standard InChI is InChI=1S/C24H28N6O3/c1-15-17(3-4-18-19(15)13-33-23(18)32)20(31)12-29-9-5-16(11-29)24(6-2-7-24)27-21-22-28-26-14-30(22)10-8-25-21/h3-4,8,10,14,16,20,31H,2,5-7,9,11-13H2,1H3,(H,25,27)/t16?,20-/m0/s1. The van der Waals surface area contributed by atoms with E-state index in [4.69, 9.17) is 4.74 Å². The number of nitrogens with zero attached hydrogens (tertiary/aromatic N) is 5. The Morgan fingerprint density at radius 3 is 3.06 bits per heavy atom. The number of cyclic esters (lactones) is 1. The van der Waals surface area contributed by atoms with Gasteiger partial charge < -0.3 is 20.1 Å². The molecular formula is C24H28N6O3. The topological polar surface area (TPSA) is 105 Å². The molecule has 2 N–H and O–H groups in total. The number of nitrogens with one attached hydrogen (secondary N) is 1. The molecule has 2 fully saturated rings. The van der Waals surface area contributed by atoms with E-state index < -0.39 is 6.10 Å². The third-order valence-corrected chi connectivity index (χ3v) is 7.88. The maximum atomic E-state index is 11.8. The van der Waals surface area contributed by atoms with Crippen LogP contribution in [0.2, 0.25) is 0 Å². The van der Waals surface area contributed by atoms with Crippen LogP contribution >= 0.6 is 0 Å². The number of aliphatic hydroxyl groups is 1. The van der Waals surface area contributed by atoms with Gasteiger partial charge in [0, 0.05) is 36.6 Å². The van der Waals surface area contributed by atoms with E-state index in [0.717, 1.165) is 60.5 Å². The van der Waals surface area contributed by atoms with Gasteiger partial charge in [-0.15, -0.1) is 10.2 Å². The first-order chi connectivity index (χ1) is 16.0. The van der Waals surface area contributed by atoms with Gasteiger partial charge in [-0.3, -0.25) is 4.40 Å². The zero-order valence-corrected chi connectivity index (χ0v) is 18.7. The molecule has 1 aliphatic carbocycles. The minimum atomic E-state index is -0.596. The molecule has 2 aliphatic heterocycles. The van der Waals surface area contributed by atoms with Crippen molar-refractivity contribution in [1.29, 1.82) is 0 Å². The molecule has 1 saturated heterocycles. The third-order valence-electron chi connectivity index (χ3n) is 7.88. The lowest BCUT2D eigenvalue weighted by molar-refractivity contribution is 0.0535. The molecule has 1 aromatic carbocycles. The van der Waals surface area contributed by atoms with Crippen molar-refractivity contribution < 1.29 is 14.6 Å². The fourth-order valence-electron chi connectivity index (χ4n) is 5.80. The molecule has 0 radical (unpaired) electrons. The quantitative estimate of drug-likeness (QED) is 0.554. The van der Waals surface area contributed by atoms with Crippen molar-refractivity contribution in [2.24, 2.45) is 5.92 Å². The van der Waals surface area contributed by atoms with Crippen LogP contribution in [-0.4, -0.2) is 60.7 Å². The highest BCUT2D eigenvalue weighted by atomic mass is 16.5. The number of fused-ring (bicyclic) bond motifs is 2. The Morgan fingerprint density at radius 1 is 1.36 bits per heavy atom. The average Bonchev–Trinajstić information content (AvgIpc) is 3.52. The van der Waals surface area contributed by atoms with Gasteiger partial charge >= 0.3 is 5.97 Å². The van der Waals surface area contributed by atoms with Crippen molar-refractivity contribution in [2.45, 2.75) is 50.9 Å². The summed E-state index contributed by atoms with van der Waals surface area (Å²) in [5.74, 6) is 1.00. The van der Waals surface area contributed by atoms with Gasteiger partial charge in [0.15, 0.2) is 5.82 Å². The van der Waals surface area contributed by atoms with Crippen LogP contribution in [0.3, 0.4) is 0 Å². The maximum absolute atomic E-state index is 11.8. The number of aliphatic hydroxyl groups excluding tert-OH is 1. The lowest BCUT2D eigenvalue weighted by Gasteiger charge is -2.47. The average molecular weight is 449 g/mol. The number of carbonyl (C=O) groups is 1. The number of ether oxygens (including phenoxy) is 1. The number of likely N-dealkylation sites (tertiary alicyclic amines) is 1. The van der Waals surface area contributed by atoms with Crippen LogP contribution < -0.4 is 5.32 Å². The highest BCUT2D eigenvalue weighted by molar-refractivity contribution is 5.93. The van der Waals surface area contributed by atoms with Gasteiger partial charge in [-0.1, -0.05) is 6.07 Å². The molecule has 1 saturated carbocycles. The van der Waals surface area contributed by atoms with Crippen LogP contribution in [0, 0.1) is 12.8 Å². The van der Waals surface area contributed by atoms with Crippen LogP contribution in [0.15, 0.2) is 30.9 Å². The number of rotatable bonds is 6. The highest BCUT2D eigenvalue weighted by Gasteiger charge is 2.47. The van der Waals surface area contributed by atoms with Crippen LogP contribution in [-0.2, 0) is 11.3 Å². The van der Waals surface area contributed by atoms with E-state index in [9.17, 15) is 9.90 Å². The lowest BCUT2D eigenvalue weighted by atomic mass is 9.67. The fourth-order valence-corrected chi connectivity index (χ4v) is 5.80. The minimum Gasteiger partial charge on any atom is -0.457 e. The van der Waals surface area contributed by atoms with Gasteiger partial charge in [0.2, 0.25) is 5.65 Å². The molecule has 4 heterocycles. The van der Waals surface area contributed by atoms with E-state index in [1.54, 1.807) is 18.6 Å². The molecular weight excluding hydrogens is 420 g/mol. The molecule has 3 aliphatic rings. The number of aromatic nitrogens is 4. The largest absolute Gasteiger partial charge is 0.457 e. The Hall–Kier alpha value is -3.04. The molecule has 0 spiro atoms. The molecule has 6 rings (SSSR count). The number of carbonyl (C=O) groups excluding carboxylic acids is 1. The van der Waals surface area contributed by atoms with Crippen molar-refractivity contribution in [3.8, 4) is 0 Å². The molecule has 0 amide bonds. The first-order valence-corrected chi connectivity index (χ1v) is 11.7. The van der Waals surface area contributed by atoms with E-state index in [0.29, 0.717) is 24.6 Å². The molecule has 0 bridgehead atoms. The van der Waals surface area contributed by atoms with Gasteiger partial charge in [-0.25, -0.2) is 9.78 Å². The van der Waals surface area contributed by atoms with Crippen molar-refractivity contribution >= 4 is 17.4 Å². The summed E-state index contributed by atoms with van der Waals surface area (Å²) < 4.78 is 7.05. The summed E-state index contributed by atoms with van der Waals surface area (Å²) in [6.45, 7) is 4.74. The molecule has 1 unspecified atom stereocenters. The zero-order valence-electron chi connectivity index (χ0n) is 18.7. The SMILES string of the molecule is Cc1c([C@@H](O)CN2CCC(C3(Nc4nccn5cnnc45)CCC3)C2)ccc2c1COC2=O. The van der Waals surface area contributed by atoms with Gasteiger partial charge in [0.05, 0.1) is 11.7 Å². The van der Waals surface area contributed by atoms with Crippen molar-refractivity contribution in [3.05, 3.63) is 53.1 Å². The Bertz CT molecular complexity index is 1220. The number of hydrogen-bond donors (Lipinski definition) is 2. The second-order valence-electron chi connectivity index (χ2n) is 9.62. The summed E-state index contributed by atoms with van der Waals surface area (Å²) in [6, 6.07) is 3.66. The number of esters is 1. The van der Waals surface area contributed by atoms with Crippen LogP contribution in [0.1, 0.15) is 58.8 Å². The molecule has 33 heavy (non-hydrogen) atoms. The summed E-state index contributed by atoms with van der Waals surface area (Å²) in [5, 5.41) is 23.0. The van der Waals surface area contributed by atoms with E-state index in [1.807, 2.05) is 23.6 Å². The minimum absolute atomic E-state index is 0.0156. The van der Waals surface area contributed by atoms with Crippen molar-refractivity contribution in [3.63, 3.8) is 0 Å². The number of β-amino-alcohol motifs (C(OH)–C–C–N with tert-alkyl or cyclic N) is 1. The lowest BCUT2D eigenvalue weighted by Crippen LogP contribution is -2.52. The first kappa shape index (κ1) is 20.6. The Balaban J connectivity index is 1.15. The molecule has 9 nitrogen and oxygen atoms in total. The summed E-state index contributed by atoms with van der Waals surface area (Å²) in [7, 11) is 0. The van der Waals surface area contributed by atoms with Crippen LogP contribution in [0.25, 0.3) is 5.65 Å². The van der Waals surface area contributed by atoms with E-state index in [2.05, 4.69) is 25.4 Å². The number of hydrogen-bond acceptors (Lipinski definition) is 8. The number of anilines is 1. The van der Waals surface area contributed by atoms with Crippen molar-refractivity contribution in [2.75, 3.05) is 25.0 Å². The van der Waals surface area contributed by atoms with Crippen molar-refractivity contribution in [1.82, 2.24) is 24.5 Å². The molecule has 3 aromatic rings. The Morgan fingerprint density at radius 2 is 2.24 bits per heavy atom. The normalized spacial score (nSPS) is 22.7. The fraction of sp³-hybridized carbons (Fsp3) is 0.500. The Kier molecular flexibility index (Phi) is 4.84. The summed E-state index contributed by atoms with van der Waals surface area (Å²) in [6.07, 6.45) is 9.25. The van der Waals surface area contributed by atoms with E-state index >= 15 is 0 Å². The van der Waals surface area contributed by atoms with E-state index in [1.165, 1.54) is 6.42 Å². The van der Waals surface area contributed by atoms with Gasteiger partial charge in [-0.2, -0.15) is 0 Å². The zero-order chi connectivity index (χ0) is 22.6. The van der Waals surface area contributed by atoms with Crippen LogP contribution in [0.5, 0.6) is 0 Å². The van der Waals surface area contributed by atoms with Gasteiger partial charge in [-0.05, 0) is 62.3 Å². The summed E-state index contributed by atoms with van der Waals surface area (Å²) in [4.78, 5) is 18.7. The maximum Gasteiger partial charge on any atom is 0.338 e. The van der Waals surface area contributed by atoms with Crippen LogP contribution in [0.4, 0.5) is 5.82 Å². The molecule has 172 valence electrons. The first-order valence-electron chi connectivity index (χ1n) is 11.7. The highest BCUT2D eigenvalue weighted by Crippen LogP contribution is 2.45. The molecule has 2 atom stereocenters. The third kappa shape index (κ3) is 3.38. The predicted octanol–water partition coefficient (Wildman–Crippen LogP) is 2.49. The second-order valence-corrected chi connectivity index (χ2v) is 9.62. The predicted molar refractivity (Wildman–Crippen MR) is 121 cm³/mol. The monoisotopic (exact) mass is 448 g/mol. The summed E-state index contributed by atoms with van der Waals surface area (Å²) in [5.41, 5.74) is 4.15. The van der Waals surface area contributed by atoms with E-state index in [-0.39, 0.29) is 11.5 Å². The van der Waals surface area contributed by atoms with Gasteiger partial charge in [0.1, 0.15) is 12.9 Å². The second kappa shape index (κ2) is 7.78. The summed E-state index contributed by atoms with van der Waals surface area (Å²) >= 11 is 0. The van der Waals surface area contributed by atoms with Gasteiger partial charge in [0.25, 0.3) is 0 Å².